The molecule has 0 bridgehead atoms. The van der Waals surface area contributed by atoms with Crippen LogP contribution in [0.5, 0.6) is 0 Å². The predicted molar refractivity (Wildman–Crippen MR) is 89.9 cm³/mol. The summed E-state index contributed by atoms with van der Waals surface area (Å²) >= 11 is 7.61. The van der Waals surface area contributed by atoms with E-state index in [0.29, 0.717) is 29.0 Å². The van der Waals surface area contributed by atoms with Crippen molar-refractivity contribution in [1.29, 1.82) is 0 Å². The van der Waals surface area contributed by atoms with Crippen molar-refractivity contribution in [3.8, 4) is 0 Å². The lowest BCUT2D eigenvalue weighted by atomic mass is 10.0. The Hall–Kier alpha value is -1.46. The van der Waals surface area contributed by atoms with Gasteiger partial charge in [0, 0.05) is 30.8 Å². The van der Waals surface area contributed by atoms with Gasteiger partial charge in [-0.15, -0.1) is 11.3 Å². The number of benzene rings is 2. The largest absolute Gasteiger partial charge is 0.344 e. The minimum atomic E-state index is -0.769. The molecule has 0 amide bonds. The van der Waals surface area contributed by atoms with Gasteiger partial charge < -0.3 is 9.47 Å². The van der Waals surface area contributed by atoms with E-state index in [0.717, 1.165) is 15.0 Å². The highest BCUT2D eigenvalue weighted by atomic mass is 35.5. The highest BCUT2D eigenvalue weighted by molar-refractivity contribution is 7.24. The zero-order valence-electron chi connectivity index (χ0n) is 11.9. The fourth-order valence-electron chi connectivity index (χ4n) is 2.79. The summed E-state index contributed by atoms with van der Waals surface area (Å²) in [6.45, 7) is 3.01. The zero-order chi connectivity index (χ0) is 15.3. The van der Waals surface area contributed by atoms with Gasteiger partial charge in [-0.25, -0.2) is 0 Å². The minimum Gasteiger partial charge on any atom is -0.344 e. The number of hydrogen-bond donors (Lipinski definition) is 0. The molecule has 2 aromatic carbocycles. The Morgan fingerprint density at radius 2 is 1.68 bits per heavy atom. The molecule has 0 unspecified atom stereocenters. The summed E-state index contributed by atoms with van der Waals surface area (Å²) in [6.07, 6.45) is 0. The maximum atomic E-state index is 12.8. The first kappa shape index (κ1) is 14.2. The standard InChI is InChI=1S/C17H13ClO3S/c1-17(20-6-7-21-17)10-2-4-14-12(8-10)16(19)13-9-11(18)3-5-15(13)22-14/h2-5,8-9H,6-7H2,1H3. The van der Waals surface area contributed by atoms with Gasteiger partial charge in [-0.3, -0.25) is 4.79 Å². The van der Waals surface area contributed by atoms with Crippen molar-refractivity contribution < 1.29 is 9.47 Å². The third kappa shape index (κ3) is 2.15. The average Bonchev–Trinajstić information content (AvgIpc) is 2.96. The van der Waals surface area contributed by atoms with Gasteiger partial charge in [0.05, 0.1) is 13.2 Å². The number of rotatable bonds is 1. The molecule has 112 valence electrons. The molecule has 0 aliphatic carbocycles. The van der Waals surface area contributed by atoms with E-state index < -0.39 is 5.79 Å². The van der Waals surface area contributed by atoms with Crippen molar-refractivity contribution in [3.05, 3.63) is 57.2 Å². The smallest absolute Gasteiger partial charge is 0.195 e. The average molecular weight is 333 g/mol. The van der Waals surface area contributed by atoms with Crippen molar-refractivity contribution in [2.24, 2.45) is 0 Å². The monoisotopic (exact) mass is 332 g/mol. The summed E-state index contributed by atoms with van der Waals surface area (Å²) in [6, 6.07) is 11.2. The van der Waals surface area contributed by atoms with Crippen LogP contribution >= 0.6 is 22.9 Å². The van der Waals surface area contributed by atoms with Crippen LogP contribution in [0.2, 0.25) is 5.02 Å². The molecule has 4 rings (SSSR count). The van der Waals surface area contributed by atoms with Gasteiger partial charge in [-0.05, 0) is 37.3 Å². The summed E-state index contributed by atoms with van der Waals surface area (Å²) in [5.41, 5.74) is 0.859. The SMILES string of the molecule is CC1(c2ccc3sc4ccc(Cl)cc4c(=O)c3c2)OCCO1. The molecule has 1 aliphatic heterocycles. The summed E-state index contributed by atoms with van der Waals surface area (Å²) in [7, 11) is 0. The third-order valence-corrected chi connectivity index (χ3v) is 5.38. The Morgan fingerprint density at radius 1 is 1.05 bits per heavy atom. The molecule has 1 saturated heterocycles. The maximum Gasteiger partial charge on any atom is 0.195 e. The van der Waals surface area contributed by atoms with Gasteiger partial charge in [0.25, 0.3) is 0 Å². The van der Waals surface area contributed by atoms with Gasteiger partial charge in [0.15, 0.2) is 11.2 Å². The van der Waals surface area contributed by atoms with Crippen molar-refractivity contribution in [2.45, 2.75) is 12.7 Å². The summed E-state index contributed by atoms with van der Waals surface area (Å²) < 4.78 is 13.2. The van der Waals surface area contributed by atoms with E-state index in [9.17, 15) is 4.79 Å². The molecule has 3 aromatic rings. The molecule has 1 aromatic heterocycles. The first-order valence-corrected chi connectivity index (χ1v) is 8.21. The van der Waals surface area contributed by atoms with Crippen LogP contribution in [0.25, 0.3) is 20.2 Å². The van der Waals surface area contributed by atoms with Gasteiger partial charge in [-0.2, -0.15) is 0 Å². The minimum absolute atomic E-state index is 0.00491. The molecule has 0 atom stereocenters. The molecular formula is C17H13ClO3S. The fourth-order valence-corrected chi connectivity index (χ4v) is 4.00. The van der Waals surface area contributed by atoms with Crippen LogP contribution in [0, 0.1) is 0 Å². The van der Waals surface area contributed by atoms with Gasteiger partial charge in [-0.1, -0.05) is 17.7 Å². The Labute approximate surface area is 136 Å². The van der Waals surface area contributed by atoms with E-state index in [-0.39, 0.29) is 5.43 Å². The topological polar surface area (TPSA) is 35.5 Å². The lowest BCUT2D eigenvalue weighted by molar-refractivity contribution is -0.149. The Bertz CT molecular complexity index is 942. The Balaban J connectivity index is 2.01. The van der Waals surface area contributed by atoms with E-state index in [1.165, 1.54) is 0 Å². The van der Waals surface area contributed by atoms with Crippen molar-refractivity contribution in [2.75, 3.05) is 13.2 Å². The number of fused-ring (bicyclic) bond motifs is 2. The lowest BCUT2D eigenvalue weighted by Gasteiger charge is -2.22. The molecule has 0 radical (unpaired) electrons. The van der Waals surface area contributed by atoms with Crippen molar-refractivity contribution in [3.63, 3.8) is 0 Å². The highest BCUT2D eigenvalue weighted by Gasteiger charge is 2.33. The van der Waals surface area contributed by atoms with Crippen molar-refractivity contribution >= 4 is 43.1 Å². The van der Waals surface area contributed by atoms with E-state index in [4.69, 9.17) is 21.1 Å². The number of halogens is 1. The second kappa shape index (κ2) is 5.03. The fraction of sp³-hybridized carbons (Fsp3) is 0.235. The first-order valence-electron chi connectivity index (χ1n) is 7.01. The molecule has 1 aliphatic rings. The molecule has 0 spiro atoms. The Kier molecular flexibility index (Phi) is 3.24. The van der Waals surface area contributed by atoms with Crippen LogP contribution in [0.1, 0.15) is 12.5 Å². The molecule has 0 saturated carbocycles. The number of ether oxygens (including phenoxy) is 2. The van der Waals surface area contributed by atoms with Gasteiger partial charge >= 0.3 is 0 Å². The van der Waals surface area contributed by atoms with Gasteiger partial charge in [0.2, 0.25) is 0 Å². The zero-order valence-corrected chi connectivity index (χ0v) is 13.5. The van der Waals surface area contributed by atoms with Crippen molar-refractivity contribution in [1.82, 2.24) is 0 Å². The van der Waals surface area contributed by atoms with Gasteiger partial charge in [0.1, 0.15) is 0 Å². The normalized spacial score (nSPS) is 17.4. The number of hydrogen-bond acceptors (Lipinski definition) is 4. The summed E-state index contributed by atoms with van der Waals surface area (Å²) in [4.78, 5) is 12.8. The molecule has 0 N–H and O–H groups in total. The molecule has 3 nitrogen and oxygen atoms in total. The second-order valence-corrected chi connectivity index (χ2v) is 6.95. The van der Waals surface area contributed by atoms with Crippen LogP contribution in [0.3, 0.4) is 0 Å². The van der Waals surface area contributed by atoms with E-state index >= 15 is 0 Å². The Morgan fingerprint density at radius 3 is 2.41 bits per heavy atom. The first-order chi connectivity index (χ1) is 10.6. The molecule has 5 heteroatoms. The van der Waals surface area contributed by atoms with Crippen LogP contribution in [-0.2, 0) is 15.3 Å². The van der Waals surface area contributed by atoms with Crippen LogP contribution < -0.4 is 5.43 Å². The molecule has 1 fully saturated rings. The second-order valence-electron chi connectivity index (χ2n) is 5.43. The van der Waals surface area contributed by atoms with Crippen LogP contribution in [0.15, 0.2) is 41.2 Å². The summed E-state index contributed by atoms with van der Waals surface area (Å²) in [5, 5.41) is 1.90. The van der Waals surface area contributed by atoms with E-state index in [1.807, 2.05) is 31.2 Å². The van der Waals surface area contributed by atoms with E-state index in [2.05, 4.69) is 0 Å². The maximum absolute atomic E-state index is 12.8. The molecule has 2 heterocycles. The summed E-state index contributed by atoms with van der Waals surface area (Å²) in [5.74, 6) is -0.769. The van der Waals surface area contributed by atoms with Crippen LogP contribution in [0.4, 0.5) is 0 Å². The third-order valence-electron chi connectivity index (χ3n) is 3.99. The quantitative estimate of drug-likeness (QED) is 0.624. The van der Waals surface area contributed by atoms with Crippen LogP contribution in [-0.4, -0.2) is 13.2 Å². The lowest BCUT2D eigenvalue weighted by Crippen LogP contribution is -2.22. The highest BCUT2D eigenvalue weighted by Crippen LogP contribution is 2.34. The molecule has 22 heavy (non-hydrogen) atoms. The van der Waals surface area contributed by atoms with E-state index in [1.54, 1.807) is 23.5 Å². The predicted octanol–water partition coefficient (Wildman–Crippen LogP) is 4.29. The molecular weight excluding hydrogens is 320 g/mol.